The molecule has 0 spiro atoms. The van der Waals surface area contributed by atoms with Crippen LogP contribution in [0.15, 0.2) is 35.3 Å². The Hall–Kier alpha value is -1.39. The lowest BCUT2D eigenvalue weighted by atomic mass is 10.1. The van der Waals surface area contributed by atoms with Crippen molar-refractivity contribution in [2.75, 3.05) is 59.5 Å². The van der Waals surface area contributed by atoms with E-state index in [1.165, 1.54) is 18.4 Å². The third-order valence-corrected chi connectivity index (χ3v) is 6.58. The Morgan fingerprint density at radius 3 is 2.42 bits per heavy atom. The molecule has 1 aliphatic heterocycles. The Bertz CT molecular complexity index is 704. The van der Waals surface area contributed by atoms with Gasteiger partial charge in [0, 0.05) is 65.4 Å². The Morgan fingerprint density at radius 2 is 1.76 bits per heavy atom. The van der Waals surface area contributed by atoms with Gasteiger partial charge in [0.1, 0.15) is 0 Å². The average Bonchev–Trinajstić information content (AvgIpc) is 3.38. The maximum Gasteiger partial charge on any atom is 0.225 e. The Morgan fingerprint density at radius 1 is 1.09 bits per heavy atom. The SMILES string of the molecule is CN=C(NCCCOC(C)c1ccccc1)NCCN1CCN(C(=O)C2CCCC2)CC1.I. The van der Waals surface area contributed by atoms with Gasteiger partial charge in [-0.1, -0.05) is 43.2 Å². The summed E-state index contributed by atoms with van der Waals surface area (Å²) in [4.78, 5) is 21.4. The predicted molar refractivity (Wildman–Crippen MR) is 145 cm³/mol. The van der Waals surface area contributed by atoms with Crippen molar-refractivity contribution in [3.8, 4) is 0 Å². The fourth-order valence-electron chi connectivity index (χ4n) is 4.54. The molecule has 8 heteroatoms. The normalized spacial score (nSPS) is 18.6. The Balaban J connectivity index is 0.00000385. The van der Waals surface area contributed by atoms with Crippen molar-refractivity contribution < 1.29 is 9.53 Å². The van der Waals surface area contributed by atoms with E-state index in [2.05, 4.69) is 44.5 Å². The first kappa shape index (κ1) is 27.9. The smallest absolute Gasteiger partial charge is 0.225 e. The first-order chi connectivity index (χ1) is 15.7. The van der Waals surface area contributed by atoms with Crippen molar-refractivity contribution in [3.05, 3.63) is 35.9 Å². The van der Waals surface area contributed by atoms with Crippen molar-refractivity contribution in [3.63, 3.8) is 0 Å². The maximum absolute atomic E-state index is 12.6. The summed E-state index contributed by atoms with van der Waals surface area (Å²) in [5, 5.41) is 6.76. The Labute approximate surface area is 216 Å². The third-order valence-electron chi connectivity index (χ3n) is 6.58. The van der Waals surface area contributed by atoms with E-state index in [1.54, 1.807) is 7.05 Å². The summed E-state index contributed by atoms with van der Waals surface area (Å²) in [7, 11) is 1.80. The van der Waals surface area contributed by atoms with Gasteiger partial charge >= 0.3 is 0 Å². The molecule has 1 aromatic rings. The minimum atomic E-state index is 0. The summed E-state index contributed by atoms with van der Waals surface area (Å²) >= 11 is 0. The van der Waals surface area contributed by atoms with Crippen molar-refractivity contribution in [1.29, 1.82) is 0 Å². The van der Waals surface area contributed by atoms with Gasteiger partial charge in [0.25, 0.3) is 0 Å². The number of guanidine groups is 1. The number of benzene rings is 1. The van der Waals surface area contributed by atoms with Gasteiger partial charge < -0.3 is 20.3 Å². The summed E-state index contributed by atoms with van der Waals surface area (Å²) in [6.07, 6.45) is 5.66. The molecule has 0 radical (unpaired) electrons. The molecule has 1 saturated heterocycles. The molecule has 2 aliphatic rings. The Kier molecular flexibility index (Phi) is 13.1. The van der Waals surface area contributed by atoms with Crippen LogP contribution in [0.1, 0.15) is 50.7 Å². The molecule has 2 N–H and O–H groups in total. The van der Waals surface area contributed by atoms with Crippen LogP contribution < -0.4 is 10.6 Å². The number of carbonyl (C=O) groups excluding carboxylic acids is 1. The first-order valence-corrected chi connectivity index (χ1v) is 12.3. The highest BCUT2D eigenvalue weighted by atomic mass is 127. The van der Waals surface area contributed by atoms with Crippen LogP contribution in [0.25, 0.3) is 0 Å². The lowest BCUT2D eigenvalue weighted by Gasteiger charge is -2.36. The van der Waals surface area contributed by atoms with Crippen molar-refractivity contribution in [1.82, 2.24) is 20.4 Å². The van der Waals surface area contributed by atoms with Gasteiger partial charge in [-0.2, -0.15) is 0 Å². The molecule has 7 nitrogen and oxygen atoms in total. The number of nitrogens with one attached hydrogen (secondary N) is 2. The second-order valence-electron chi connectivity index (χ2n) is 8.85. The van der Waals surface area contributed by atoms with Gasteiger partial charge in [-0.05, 0) is 31.7 Å². The molecule has 3 rings (SSSR count). The molecule has 186 valence electrons. The minimum Gasteiger partial charge on any atom is -0.374 e. The van der Waals surface area contributed by atoms with Crippen LogP contribution in [0.2, 0.25) is 0 Å². The third kappa shape index (κ3) is 9.41. The fraction of sp³-hybridized carbons (Fsp3) is 0.680. The molecular formula is C25H42IN5O2. The number of ether oxygens (including phenoxy) is 1. The predicted octanol–water partition coefficient (Wildman–Crippen LogP) is 3.27. The van der Waals surface area contributed by atoms with Crippen LogP contribution in [0.3, 0.4) is 0 Å². The van der Waals surface area contributed by atoms with E-state index in [1.807, 2.05) is 18.2 Å². The molecule has 2 fully saturated rings. The summed E-state index contributed by atoms with van der Waals surface area (Å²) in [5.74, 6) is 1.52. The number of hydrogen-bond acceptors (Lipinski definition) is 4. The van der Waals surface area contributed by atoms with Crippen LogP contribution in [-0.4, -0.2) is 81.1 Å². The van der Waals surface area contributed by atoms with E-state index in [4.69, 9.17) is 4.74 Å². The van der Waals surface area contributed by atoms with E-state index < -0.39 is 0 Å². The van der Waals surface area contributed by atoms with Gasteiger partial charge in [-0.3, -0.25) is 14.7 Å². The highest BCUT2D eigenvalue weighted by Crippen LogP contribution is 2.26. The molecule has 1 atom stereocenters. The van der Waals surface area contributed by atoms with E-state index in [-0.39, 0.29) is 30.1 Å². The van der Waals surface area contributed by atoms with Crippen molar-refractivity contribution >= 4 is 35.8 Å². The van der Waals surface area contributed by atoms with Gasteiger partial charge in [0.2, 0.25) is 5.91 Å². The first-order valence-electron chi connectivity index (χ1n) is 12.3. The minimum absolute atomic E-state index is 0. The number of rotatable bonds is 10. The van der Waals surface area contributed by atoms with Crippen LogP contribution in [0.4, 0.5) is 0 Å². The lowest BCUT2D eigenvalue weighted by molar-refractivity contribution is -0.137. The zero-order valence-electron chi connectivity index (χ0n) is 20.3. The molecular weight excluding hydrogens is 529 g/mol. The topological polar surface area (TPSA) is 69.2 Å². The molecule has 33 heavy (non-hydrogen) atoms. The van der Waals surface area contributed by atoms with Crippen molar-refractivity contribution in [2.24, 2.45) is 10.9 Å². The van der Waals surface area contributed by atoms with Crippen LogP contribution in [-0.2, 0) is 9.53 Å². The molecule has 1 saturated carbocycles. The maximum atomic E-state index is 12.6. The number of halogens is 1. The molecule has 1 aliphatic carbocycles. The van der Waals surface area contributed by atoms with Crippen LogP contribution in [0.5, 0.6) is 0 Å². The van der Waals surface area contributed by atoms with Crippen LogP contribution in [0, 0.1) is 5.92 Å². The number of carbonyl (C=O) groups is 1. The highest BCUT2D eigenvalue weighted by Gasteiger charge is 2.29. The lowest BCUT2D eigenvalue weighted by Crippen LogP contribution is -2.51. The molecule has 0 aromatic heterocycles. The van der Waals surface area contributed by atoms with Crippen LogP contribution >= 0.6 is 24.0 Å². The van der Waals surface area contributed by atoms with E-state index in [0.29, 0.717) is 18.4 Å². The number of amides is 1. The fourth-order valence-corrected chi connectivity index (χ4v) is 4.54. The summed E-state index contributed by atoms with van der Waals surface area (Å²) in [5.41, 5.74) is 1.21. The second-order valence-corrected chi connectivity index (χ2v) is 8.85. The molecule has 1 amide bonds. The van der Waals surface area contributed by atoms with Gasteiger partial charge in [-0.25, -0.2) is 0 Å². The van der Waals surface area contributed by atoms with Gasteiger partial charge in [-0.15, -0.1) is 24.0 Å². The van der Waals surface area contributed by atoms with E-state index >= 15 is 0 Å². The van der Waals surface area contributed by atoms with Gasteiger partial charge in [0.15, 0.2) is 5.96 Å². The highest BCUT2D eigenvalue weighted by molar-refractivity contribution is 14.0. The average molecular weight is 572 g/mol. The molecule has 1 heterocycles. The van der Waals surface area contributed by atoms with Gasteiger partial charge in [0.05, 0.1) is 6.10 Å². The molecule has 0 bridgehead atoms. The summed E-state index contributed by atoms with van der Waals surface area (Å²) < 4.78 is 5.93. The standard InChI is InChI=1S/C25H41N5O2.HI/c1-21(22-9-4-3-5-10-22)32-20-8-13-27-25(26-2)28-14-15-29-16-18-30(19-17-29)24(31)23-11-6-7-12-23;/h3-5,9-10,21,23H,6-8,11-20H2,1-2H3,(H2,26,27,28);1H. The number of aliphatic imine (C=N–C) groups is 1. The number of hydrogen-bond donors (Lipinski definition) is 2. The summed E-state index contributed by atoms with van der Waals surface area (Å²) in [6.45, 7) is 9.09. The van der Waals surface area contributed by atoms with Crippen molar-refractivity contribution in [2.45, 2.75) is 45.1 Å². The zero-order chi connectivity index (χ0) is 22.6. The number of piperazine rings is 1. The molecule has 1 unspecified atom stereocenters. The van der Waals surface area contributed by atoms with E-state index in [9.17, 15) is 4.79 Å². The quantitative estimate of drug-likeness (QED) is 0.195. The summed E-state index contributed by atoms with van der Waals surface area (Å²) in [6, 6.07) is 10.3. The molecule has 1 aromatic carbocycles. The second kappa shape index (κ2) is 15.5. The number of nitrogens with zero attached hydrogens (tertiary/aromatic N) is 3. The zero-order valence-corrected chi connectivity index (χ0v) is 22.6. The monoisotopic (exact) mass is 571 g/mol. The largest absolute Gasteiger partial charge is 0.374 e. The van der Waals surface area contributed by atoms with E-state index in [0.717, 1.165) is 71.0 Å².